The van der Waals surface area contributed by atoms with Gasteiger partial charge >= 0.3 is 0 Å². The molecule has 1 fully saturated rings. The van der Waals surface area contributed by atoms with E-state index in [1.807, 2.05) is 18.0 Å². The van der Waals surface area contributed by atoms with Crippen LogP contribution in [-0.2, 0) is 6.54 Å². The van der Waals surface area contributed by atoms with Gasteiger partial charge in [-0.15, -0.1) is 0 Å². The average molecular weight is 254 g/mol. The summed E-state index contributed by atoms with van der Waals surface area (Å²) in [6, 6.07) is 0.452. The van der Waals surface area contributed by atoms with Crippen molar-refractivity contribution in [2.24, 2.45) is 0 Å². The maximum Gasteiger partial charge on any atom is 0.124 e. The molecular formula is C12H22N4S. The second-order valence-corrected chi connectivity index (χ2v) is 5.69. The van der Waals surface area contributed by atoms with Crippen LogP contribution in [0.2, 0.25) is 0 Å². The van der Waals surface area contributed by atoms with Crippen LogP contribution >= 0.6 is 11.8 Å². The summed E-state index contributed by atoms with van der Waals surface area (Å²) in [5.74, 6) is 3.50. The fourth-order valence-corrected chi connectivity index (χ4v) is 3.23. The molecule has 0 amide bonds. The molecule has 2 heterocycles. The Morgan fingerprint density at radius 3 is 3.29 bits per heavy atom. The molecule has 0 spiro atoms. The molecule has 1 aliphatic heterocycles. The first-order chi connectivity index (χ1) is 8.31. The molecule has 1 aromatic rings. The Balaban J connectivity index is 1.92. The summed E-state index contributed by atoms with van der Waals surface area (Å²) >= 11 is 2.02. The largest absolute Gasteiger partial charge is 0.343 e. The average Bonchev–Trinajstić information content (AvgIpc) is 2.79. The van der Waals surface area contributed by atoms with Gasteiger partial charge in [0.1, 0.15) is 5.82 Å². The highest BCUT2D eigenvalue weighted by atomic mass is 32.2. The first kappa shape index (κ1) is 12.9. The summed E-state index contributed by atoms with van der Waals surface area (Å²) < 4.78 is 0. The minimum Gasteiger partial charge on any atom is -0.343 e. The number of hydrogen-bond donors (Lipinski definition) is 2. The molecule has 2 rings (SSSR count). The van der Waals surface area contributed by atoms with Crippen molar-refractivity contribution in [1.82, 2.24) is 20.2 Å². The molecule has 0 radical (unpaired) electrons. The van der Waals surface area contributed by atoms with Crippen LogP contribution in [0.5, 0.6) is 0 Å². The topological polar surface area (TPSA) is 44.0 Å². The molecule has 1 unspecified atom stereocenters. The van der Waals surface area contributed by atoms with Gasteiger partial charge in [0, 0.05) is 36.5 Å². The fourth-order valence-electron chi connectivity index (χ4n) is 2.01. The normalized spacial score (nSPS) is 21.9. The van der Waals surface area contributed by atoms with Crippen LogP contribution in [0.15, 0.2) is 6.20 Å². The number of nitrogens with one attached hydrogen (secondary N) is 2. The maximum atomic E-state index is 4.52. The molecule has 96 valence electrons. The van der Waals surface area contributed by atoms with Crippen LogP contribution in [-0.4, -0.2) is 46.5 Å². The Morgan fingerprint density at radius 2 is 2.53 bits per heavy atom. The quantitative estimate of drug-likeness (QED) is 0.784. The molecule has 1 aromatic heterocycles. The van der Waals surface area contributed by atoms with E-state index >= 15 is 0 Å². The summed E-state index contributed by atoms with van der Waals surface area (Å²) in [7, 11) is 2.18. The number of nitrogens with zero attached hydrogens (tertiary/aromatic N) is 2. The summed E-state index contributed by atoms with van der Waals surface area (Å²) in [6.45, 7) is 5.29. The SMILES string of the molecule is CCCNCc1cnc(C2CSCCN2C)[nH]1. The lowest BCUT2D eigenvalue weighted by Gasteiger charge is -2.30. The van der Waals surface area contributed by atoms with Gasteiger partial charge < -0.3 is 10.3 Å². The number of aromatic nitrogens is 2. The third-order valence-corrected chi connectivity index (χ3v) is 4.12. The number of aromatic amines is 1. The summed E-state index contributed by atoms with van der Waals surface area (Å²) in [6.07, 6.45) is 3.13. The summed E-state index contributed by atoms with van der Waals surface area (Å²) in [5.41, 5.74) is 1.19. The Labute approximate surface area is 108 Å². The van der Waals surface area contributed by atoms with Crippen molar-refractivity contribution in [3.05, 3.63) is 17.7 Å². The van der Waals surface area contributed by atoms with Crippen LogP contribution < -0.4 is 5.32 Å². The highest BCUT2D eigenvalue weighted by Crippen LogP contribution is 2.25. The minimum absolute atomic E-state index is 0.452. The fraction of sp³-hybridized carbons (Fsp3) is 0.750. The zero-order valence-electron chi connectivity index (χ0n) is 10.7. The molecule has 0 bridgehead atoms. The van der Waals surface area contributed by atoms with Gasteiger partial charge in [-0.2, -0.15) is 11.8 Å². The van der Waals surface area contributed by atoms with E-state index in [0.29, 0.717) is 6.04 Å². The van der Waals surface area contributed by atoms with E-state index < -0.39 is 0 Å². The molecule has 1 atom stereocenters. The minimum atomic E-state index is 0.452. The molecule has 0 aliphatic carbocycles. The third kappa shape index (κ3) is 3.47. The molecule has 2 N–H and O–H groups in total. The third-order valence-electron chi connectivity index (χ3n) is 3.10. The standard InChI is InChI=1S/C12H22N4S/c1-3-4-13-7-10-8-14-12(15-10)11-9-17-6-5-16(11)2/h8,11,13H,3-7,9H2,1-2H3,(H,14,15). The number of thioether (sulfide) groups is 1. The van der Waals surface area contributed by atoms with Gasteiger partial charge in [0.05, 0.1) is 6.04 Å². The number of imidazole rings is 1. The molecule has 17 heavy (non-hydrogen) atoms. The van der Waals surface area contributed by atoms with Crippen LogP contribution in [0.25, 0.3) is 0 Å². The van der Waals surface area contributed by atoms with Crippen LogP contribution in [0.3, 0.4) is 0 Å². The van der Waals surface area contributed by atoms with E-state index in [1.54, 1.807) is 0 Å². The number of rotatable bonds is 5. The van der Waals surface area contributed by atoms with Gasteiger partial charge in [-0.3, -0.25) is 4.90 Å². The van der Waals surface area contributed by atoms with E-state index in [2.05, 4.69) is 34.2 Å². The van der Waals surface area contributed by atoms with Crippen LogP contribution in [0.4, 0.5) is 0 Å². The van der Waals surface area contributed by atoms with Crippen molar-refractivity contribution in [2.75, 3.05) is 31.6 Å². The molecule has 0 aromatic carbocycles. The second-order valence-electron chi connectivity index (χ2n) is 4.54. The number of hydrogen-bond acceptors (Lipinski definition) is 4. The Hall–Kier alpha value is -0.520. The Kier molecular flexibility index (Phi) is 4.88. The van der Waals surface area contributed by atoms with Gasteiger partial charge in [0.2, 0.25) is 0 Å². The smallest absolute Gasteiger partial charge is 0.124 e. The summed E-state index contributed by atoms with van der Waals surface area (Å²) in [4.78, 5) is 10.3. The van der Waals surface area contributed by atoms with Gasteiger partial charge in [-0.1, -0.05) is 6.92 Å². The predicted molar refractivity (Wildman–Crippen MR) is 73.3 cm³/mol. The Morgan fingerprint density at radius 1 is 1.65 bits per heavy atom. The monoisotopic (exact) mass is 254 g/mol. The van der Waals surface area contributed by atoms with Crippen molar-refractivity contribution >= 4 is 11.8 Å². The van der Waals surface area contributed by atoms with Crippen molar-refractivity contribution in [2.45, 2.75) is 25.9 Å². The van der Waals surface area contributed by atoms with E-state index in [0.717, 1.165) is 31.2 Å². The predicted octanol–water partition coefficient (Wildman–Crippen LogP) is 1.63. The zero-order chi connectivity index (χ0) is 12.1. The van der Waals surface area contributed by atoms with Gasteiger partial charge in [0.25, 0.3) is 0 Å². The molecule has 0 saturated carbocycles. The molecule has 1 saturated heterocycles. The molecule has 5 heteroatoms. The van der Waals surface area contributed by atoms with Gasteiger partial charge in [0.15, 0.2) is 0 Å². The first-order valence-corrected chi connectivity index (χ1v) is 7.49. The Bertz CT molecular complexity index is 339. The first-order valence-electron chi connectivity index (χ1n) is 6.33. The lowest BCUT2D eigenvalue weighted by Crippen LogP contribution is -2.33. The lowest BCUT2D eigenvalue weighted by atomic mass is 10.3. The van der Waals surface area contributed by atoms with Gasteiger partial charge in [-0.05, 0) is 20.0 Å². The van der Waals surface area contributed by atoms with Gasteiger partial charge in [-0.25, -0.2) is 4.98 Å². The molecule has 1 aliphatic rings. The van der Waals surface area contributed by atoms with Crippen molar-refractivity contribution in [3.8, 4) is 0 Å². The number of H-pyrrole nitrogens is 1. The highest BCUT2D eigenvalue weighted by Gasteiger charge is 2.23. The van der Waals surface area contributed by atoms with Crippen molar-refractivity contribution in [3.63, 3.8) is 0 Å². The van der Waals surface area contributed by atoms with Crippen molar-refractivity contribution in [1.29, 1.82) is 0 Å². The van der Waals surface area contributed by atoms with E-state index in [1.165, 1.54) is 17.9 Å². The van der Waals surface area contributed by atoms with Crippen LogP contribution in [0, 0.1) is 0 Å². The highest BCUT2D eigenvalue weighted by molar-refractivity contribution is 7.99. The zero-order valence-corrected chi connectivity index (χ0v) is 11.5. The van der Waals surface area contributed by atoms with E-state index in [-0.39, 0.29) is 0 Å². The summed E-state index contributed by atoms with van der Waals surface area (Å²) in [5, 5.41) is 3.39. The maximum absolute atomic E-state index is 4.52. The van der Waals surface area contributed by atoms with Crippen LogP contribution in [0.1, 0.15) is 30.9 Å². The molecular weight excluding hydrogens is 232 g/mol. The van der Waals surface area contributed by atoms with E-state index in [9.17, 15) is 0 Å². The lowest BCUT2D eigenvalue weighted by molar-refractivity contribution is 0.265. The second kappa shape index (κ2) is 6.42. The van der Waals surface area contributed by atoms with Crippen molar-refractivity contribution < 1.29 is 0 Å². The van der Waals surface area contributed by atoms with E-state index in [4.69, 9.17) is 0 Å². The molecule has 4 nitrogen and oxygen atoms in total.